The molecule has 1 amide bonds. The molecule has 4 nitrogen and oxygen atoms in total. The van der Waals surface area contributed by atoms with Crippen LogP contribution in [-0.2, 0) is 0 Å². The Bertz CT molecular complexity index is 455. The first-order chi connectivity index (χ1) is 9.31. The lowest BCUT2D eigenvalue weighted by molar-refractivity contribution is 0.187. The summed E-state index contributed by atoms with van der Waals surface area (Å²) in [6, 6.07) is 5.51. The van der Waals surface area contributed by atoms with Crippen LogP contribution in [0.2, 0.25) is 0 Å². The predicted octanol–water partition coefficient (Wildman–Crippen LogP) is 4.05. The van der Waals surface area contributed by atoms with Crippen LogP contribution in [0.4, 0.5) is 4.79 Å². The van der Waals surface area contributed by atoms with Gasteiger partial charge in [-0.1, -0.05) is 22.0 Å². The number of amides is 1. The third kappa shape index (κ3) is 6.28. The van der Waals surface area contributed by atoms with Crippen molar-refractivity contribution >= 4 is 22.0 Å². The fourth-order valence-electron chi connectivity index (χ4n) is 1.48. The van der Waals surface area contributed by atoms with Crippen molar-refractivity contribution in [2.75, 3.05) is 11.9 Å². The van der Waals surface area contributed by atoms with E-state index in [-0.39, 0.29) is 5.54 Å². The Morgan fingerprint density at radius 2 is 2.00 bits per heavy atom. The molecule has 0 spiro atoms. The normalized spacial score (nSPS) is 11.1. The first kappa shape index (κ1) is 16.8. The van der Waals surface area contributed by atoms with Crippen LogP contribution in [-0.4, -0.2) is 23.6 Å². The van der Waals surface area contributed by atoms with Gasteiger partial charge in [0.15, 0.2) is 11.5 Å². The standard InChI is InChI=1S/C15H22BrNO3/c1-11-6-7-12(13(10-11)19-9-5-8-16)20-14(18)17-15(2,3)4/h6-7,10H,5,8-9H2,1-4H3,(H,17,18). The molecule has 1 N–H and O–H groups in total. The van der Waals surface area contributed by atoms with Crippen LogP contribution < -0.4 is 14.8 Å². The van der Waals surface area contributed by atoms with E-state index in [0.717, 1.165) is 17.3 Å². The zero-order valence-corrected chi connectivity index (χ0v) is 14.0. The molecule has 0 saturated carbocycles. The molecule has 0 saturated heterocycles. The maximum absolute atomic E-state index is 11.8. The Morgan fingerprint density at radius 3 is 2.60 bits per heavy atom. The second kappa shape index (κ2) is 7.53. The van der Waals surface area contributed by atoms with Crippen molar-refractivity contribution in [2.45, 2.75) is 39.7 Å². The third-order valence-electron chi connectivity index (χ3n) is 2.31. The number of alkyl halides is 1. The quantitative estimate of drug-likeness (QED) is 0.648. The highest BCUT2D eigenvalue weighted by Gasteiger charge is 2.17. The van der Waals surface area contributed by atoms with E-state index in [1.54, 1.807) is 6.07 Å². The van der Waals surface area contributed by atoms with Crippen LogP contribution in [0.15, 0.2) is 18.2 Å². The van der Waals surface area contributed by atoms with Crippen molar-refractivity contribution in [1.29, 1.82) is 0 Å². The molecule has 0 atom stereocenters. The van der Waals surface area contributed by atoms with Gasteiger partial charge in [0.1, 0.15) is 0 Å². The van der Waals surface area contributed by atoms with E-state index < -0.39 is 6.09 Å². The maximum Gasteiger partial charge on any atom is 0.413 e. The smallest absolute Gasteiger partial charge is 0.413 e. The lowest BCUT2D eigenvalue weighted by atomic mass is 10.1. The average molecular weight is 344 g/mol. The van der Waals surface area contributed by atoms with E-state index in [4.69, 9.17) is 9.47 Å². The van der Waals surface area contributed by atoms with Gasteiger partial charge in [-0.05, 0) is 51.8 Å². The van der Waals surface area contributed by atoms with Gasteiger partial charge in [-0.25, -0.2) is 4.79 Å². The first-order valence-corrected chi connectivity index (χ1v) is 7.73. The molecular weight excluding hydrogens is 322 g/mol. The number of benzene rings is 1. The van der Waals surface area contributed by atoms with Gasteiger partial charge in [-0.15, -0.1) is 0 Å². The highest BCUT2D eigenvalue weighted by atomic mass is 79.9. The topological polar surface area (TPSA) is 47.6 Å². The second-order valence-corrected chi connectivity index (χ2v) is 6.40. The number of ether oxygens (including phenoxy) is 2. The molecule has 0 aliphatic heterocycles. The summed E-state index contributed by atoms with van der Waals surface area (Å²) in [6.07, 6.45) is 0.411. The van der Waals surface area contributed by atoms with Crippen LogP contribution in [0.25, 0.3) is 0 Å². The molecular formula is C15H22BrNO3. The van der Waals surface area contributed by atoms with Crippen molar-refractivity contribution in [2.24, 2.45) is 0 Å². The SMILES string of the molecule is Cc1ccc(OC(=O)NC(C)(C)C)c(OCCCBr)c1. The van der Waals surface area contributed by atoms with Gasteiger partial charge in [-0.3, -0.25) is 0 Å². The summed E-state index contributed by atoms with van der Waals surface area (Å²) in [4.78, 5) is 11.8. The van der Waals surface area contributed by atoms with Gasteiger partial charge in [0.2, 0.25) is 0 Å². The highest BCUT2D eigenvalue weighted by molar-refractivity contribution is 9.09. The monoisotopic (exact) mass is 343 g/mol. The largest absolute Gasteiger partial charge is 0.490 e. The number of hydrogen-bond donors (Lipinski definition) is 1. The zero-order chi connectivity index (χ0) is 15.2. The summed E-state index contributed by atoms with van der Waals surface area (Å²) in [7, 11) is 0. The lowest BCUT2D eigenvalue weighted by Crippen LogP contribution is -2.42. The number of nitrogens with one attached hydrogen (secondary N) is 1. The summed E-state index contributed by atoms with van der Waals surface area (Å²) in [6.45, 7) is 8.24. The Kier molecular flexibility index (Phi) is 6.33. The minimum absolute atomic E-state index is 0.335. The lowest BCUT2D eigenvalue weighted by Gasteiger charge is -2.20. The summed E-state index contributed by atoms with van der Waals surface area (Å²) in [5.41, 5.74) is 0.723. The van der Waals surface area contributed by atoms with Gasteiger partial charge < -0.3 is 14.8 Å². The molecule has 0 aromatic heterocycles. The molecule has 0 aliphatic rings. The fraction of sp³-hybridized carbons (Fsp3) is 0.533. The summed E-state index contributed by atoms with van der Waals surface area (Å²) in [5.74, 6) is 1.03. The number of carbonyl (C=O) groups excluding carboxylic acids is 1. The van der Waals surface area contributed by atoms with Crippen molar-refractivity contribution in [3.8, 4) is 11.5 Å². The molecule has 20 heavy (non-hydrogen) atoms. The maximum atomic E-state index is 11.8. The van der Waals surface area contributed by atoms with E-state index >= 15 is 0 Å². The van der Waals surface area contributed by atoms with E-state index in [1.807, 2.05) is 39.8 Å². The van der Waals surface area contributed by atoms with Crippen molar-refractivity contribution in [1.82, 2.24) is 5.32 Å². The molecule has 1 aromatic rings. The molecule has 0 heterocycles. The average Bonchev–Trinajstić information content (AvgIpc) is 2.30. The Balaban J connectivity index is 2.75. The van der Waals surface area contributed by atoms with Crippen LogP contribution in [0.1, 0.15) is 32.8 Å². The van der Waals surface area contributed by atoms with Crippen molar-refractivity contribution in [3.05, 3.63) is 23.8 Å². The van der Waals surface area contributed by atoms with E-state index in [0.29, 0.717) is 18.1 Å². The number of aryl methyl sites for hydroxylation is 1. The van der Waals surface area contributed by atoms with Crippen LogP contribution in [0, 0.1) is 6.92 Å². The van der Waals surface area contributed by atoms with E-state index in [9.17, 15) is 4.79 Å². The van der Waals surface area contributed by atoms with Gasteiger partial charge in [0.05, 0.1) is 6.61 Å². The van der Waals surface area contributed by atoms with Gasteiger partial charge in [-0.2, -0.15) is 0 Å². The van der Waals surface area contributed by atoms with E-state index in [2.05, 4.69) is 21.2 Å². The van der Waals surface area contributed by atoms with Crippen molar-refractivity contribution < 1.29 is 14.3 Å². The van der Waals surface area contributed by atoms with Gasteiger partial charge in [0.25, 0.3) is 0 Å². The Morgan fingerprint density at radius 1 is 1.30 bits per heavy atom. The minimum atomic E-state index is -0.480. The Labute approximate surface area is 129 Å². The van der Waals surface area contributed by atoms with Crippen LogP contribution in [0.5, 0.6) is 11.5 Å². The number of rotatable bonds is 5. The van der Waals surface area contributed by atoms with Gasteiger partial charge >= 0.3 is 6.09 Å². The highest BCUT2D eigenvalue weighted by Crippen LogP contribution is 2.28. The molecule has 0 unspecified atom stereocenters. The molecule has 0 bridgehead atoms. The second-order valence-electron chi connectivity index (χ2n) is 5.61. The molecule has 112 valence electrons. The molecule has 0 fully saturated rings. The molecule has 0 radical (unpaired) electrons. The summed E-state index contributed by atoms with van der Waals surface area (Å²) >= 11 is 3.35. The summed E-state index contributed by atoms with van der Waals surface area (Å²) < 4.78 is 11.0. The molecule has 5 heteroatoms. The van der Waals surface area contributed by atoms with Crippen LogP contribution >= 0.6 is 15.9 Å². The molecule has 1 rings (SSSR count). The van der Waals surface area contributed by atoms with Gasteiger partial charge in [0, 0.05) is 10.9 Å². The molecule has 1 aromatic carbocycles. The number of carbonyl (C=O) groups is 1. The van der Waals surface area contributed by atoms with Crippen molar-refractivity contribution in [3.63, 3.8) is 0 Å². The fourth-order valence-corrected chi connectivity index (χ4v) is 1.71. The zero-order valence-electron chi connectivity index (χ0n) is 12.5. The van der Waals surface area contributed by atoms with Crippen LogP contribution in [0.3, 0.4) is 0 Å². The Hall–Kier alpha value is -1.23. The first-order valence-electron chi connectivity index (χ1n) is 6.61. The number of halogens is 1. The van der Waals surface area contributed by atoms with E-state index in [1.165, 1.54) is 0 Å². The third-order valence-corrected chi connectivity index (χ3v) is 2.88. The summed E-state index contributed by atoms with van der Waals surface area (Å²) in [5, 5.41) is 3.63. The minimum Gasteiger partial charge on any atom is -0.490 e. The predicted molar refractivity (Wildman–Crippen MR) is 84.0 cm³/mol. The molecule has 0 aliphatic carbocycles. The number of hydrogen-bond acceptors (Lipinski definition) is 3.